The number of para-hydroxylation sites is 2. The molecule has 0 aliphatic carbocycles. The van der Waals surface area contributed by atoms with Crippen LogP contribution in [-0.4, -0.2) is 85.4 Å². The van der Waals surface area contributed by atoms with Crippen molar-refractivity contribution in [1.29, 1.82) is 0 Å². The van der Waals surface area contributed by atoms with E-state index in [2.05, 4.69) is 33.0 Å². The minimum atomic E-state index is -0.879. The molecule has 0 spiro atoms. The number of allylic oxidation sites excluding steroid dienone is 2. The van der Waals surface area contributed by atoms with Crippen molar-refractivity contribution in [2.45, 2.75) is 50.6 Å². The van der Waals surface area contributed by atoms with Crippen LogP contribution in [0.1, 0.15) is 48.5 Å². The second kappa shape index (κ2) is 14.9. The quantitative estimate of drug-likeness (QED) is 0.168. The van der Waals surface area contributed by atoms with Crippen LogP contribution >= 0.6 is 0 Å². The van der Waals surface area contributed by atoms with Crippen molar-refractivity contribution in [2.24, 2.45) is 0 Å². The maximum absolute atomic E-state index is 14.6. The molecular formula is C38H45F2N5O4. The Labute approximate surface area is 286 Å². The zero-order valence-corrected chi connectivity index (χ0v) is 28.7. The lowest BCUT2D eigenvalue weighted by Crippen LogP contribution is -2.42. The normalized spacial score (nSPS) is 18.8. The molecule has 1 atom stereocenters. The first-order valence-electron chi connectivity index (χ1n) is 16.9. The Bertz CT molecular complexity index is 1790. The lowest BCUT2D eigenvalue weighted by atomic mass is 9.76. The summed E-state index contributed by atoms with van der Waals surface area (Å²) in [6, 6.07) is 15.9. The van der Waals surface area contributed by atoms with Crippen LogP contribution in [0.4, 0.5) is 14.7 Å². The Balaban J connectivity index is 1.15. The molecule has 3 heterocycles. The number of nitrogens with one attached hydrogen (secondary N) is 1. The number of nitrogens with zero attached hydrogens (tertiary/aromatic N) is 4. The van der Waals surface area contributed by atoms with Crippen molar-refractivity contribution in [2.75, 3.05) is 59.4 Å². The van der Waals surface area contributed by atoms with E-state index < -0.39 is 17.0 Å². The van der Waals surface area contributed by atoms with Crippen LogP contribution in [0.5, 0.6) is 17.2 Å². The van der Waals surface area contributed by atoms with Gasteiger partial charge in [0.2, 0.25) is 11.7 Å². The number of aromatic nitrogens is 2. The summed E-state index contributed by atoms with van der Waals surface area (Å²) in [4.78, 5) is 23.0. The molecule has 3 aromatic carbocycles. The van der Waals surface area contributed by atoms with Crippen LogP contribution in [-0.2, 0) is 12.0 Å². The number of hydrogen-bond donors (Lipinski definition) is 1. The standard InChI is InChI=1S/C38H45F2N5O4/c1-5-6-17-45-32-10-8-7-9-31(32)42-37(45)41-28-13-18-43(19-14-28)20-15-38(27-11-12-29(39)30(40)24-27)16-21-44(25-38)36(46)26-22-33(47-2)35(49-4)34(23-26)48-3/h5-12,22-24,28H,13-21,25H2,1-4H3,(H,41,42)/b6-5+. The highest BCUT2D eigenvalue weighted by Crippen LogP contribution is 2.42. The average Bonchev–Trinajstić information content (AvgIpc) is 3.72. The number of likely N-dealkylation sites (tertiary alicyclic amines) is 2. The van der Waals surface area contributed by atoms with Gasteiger partial charge in [-0.05, 0) is 81.1 Å². The Kier molecular flexibility index (Phi) is 10.4. The molecule has 6 rings (SSSR count). The van der Waals surface area contributed by atoms with E-state index in [4.69, 9.17) is 19.2 Å². The van der Waals surface area contributed by atoms with Gasteiger partial charge >= 0.3 is 0 Å². The second-order valence-corrected chi connectivity index (χ2v) is 12.9. The van der Waals surface area contributed by atoms with Gasteiger partial charge in [0, 0.05) is 49.7 Å². The van der Waals surface area contributed by atoms with E-state index in [1.807, 2.05) is 25.1 Å². The molecular weight excluding hydrogens is 628 g/mol. The zero-order chi connectivity index (χ0) is 34.5. The number of ether oxygens (including phenoxy) is 3. The molecule has 2 fully saturated rings. The third-order valence-corrected chi connectivity index (χ3v) is 10.1. The van der Waals surface area contributed by atoms with E-state index in [1.54, 1.807) is 23.1 Å². The fourth-order valence-corrected chi connectivity index (χ4v) is 7.28. The molecule has 49 heavy (non-hydrogen) atoms. The van der Waals surface area contributed by atoms with Crippen molar-refractivity contribution in [3.63, 3.8) is 0 Å². The molecule has 11 heteroatoms. The third-order valence-electron chi connectivity index (χ3n) is 10.1. The molecule has 0 saturated carbocycles. The lowest BCUT2D eigenvalue weighted by molar-refractivity contribution is 0.0779. The van der Waals surface area contributed by atoms with Gasteiger partial charge in [-0.3, -0.25) is 4.79 Å². The fraction of sp³-hybridized carbons (Fsp3) is 0.421. The van der Waals surface area contributed by atoms with E-state index >= 15 is 0 Å². The predicted octanol–water partition coefficient (Wildman–Crippen LogP) is 6.67. The molecule has 1 N–H and O–H groups in total. The lowest BCUT2D eigenvalue weighted by Gasteiger charge is -2.36. The first-order valence-corrected chi connectivity index (χ1v) is 16.9. The summed E-state index contributed by atoms with van der Waals surface area (Å²) in [5, 5.41) is 3.71. The summed E-state index contributed by atoms with van der Waals surface area (Å²) in [6.45, 7) is 6.21. The minimum Gasteiger partial charge on any atom is -0.493 e. The summed E-state index contributed by atoms with van der Waals surface area (Å²) in [5.41, 5.74) is 2.67. The van der Waals surface area contributed by atoms with Crippen molar-refractivity contribution in [1.82, 2.24) is 19.4 Å². The highest BCUT2D eigenvalue weighted by Gasteiger charge is 2.42. The molecule has 2 aliphatic heterocycles. The molecule has 1 aromatic heterocycles. The van der Waals surface area contributed by atoms with E-state index in [0.717, 1.165) is 56.0 Å². The van der Waals surface area contributed by atoms with Gasteiger partial charge < -0.3 is 33.9 Å². The molecule has 4 aromatic rings. The maximum atomic E-state index is 14.6. The average molecular weight is 674 g/mol. The van der Waals surface area contributed by atoms with Crippen LogP contribution in [0, 0.1) is 11.6 Å². The SMILES string of the molecule is C/C=C/Cn1c(NC2CCN(CCC3(c4ccc(F)c(F)c4)CCN(C(=O)c4cc(OC)c(OC)c(OC)c4)C3)CC2)nc2ccccc21. The van der Waals surface area contributed by atoms with E-state index in [-0.39, 0.29) is 11.9 Å². The molecule has 0 radical (unpaired) electrons. The number of methoxy groups -OCH3 is 3. The van der Waals surface area contributed by atoms with Crippen molar-refractivity contribution in [3.05, 3.63) is 89.5 Å². The Morgan fingerprint density at radius 2 is 1.71 bits per heavy atom. The molecule has 1 unspecified atom stereocenters. The van der Waals surface area contributed by atoms with E-state index in [0.29, 0.717) is 54.3 Å². The number of hydrogen-bond acceptors (Lipinski definition) is 7. The molecule has 2 aliphatic rings. The number of anilines is 1. The first kappa shape index (κ1) is 34.2. The molecule has 260 valence electrons. The monoisotopic (exact) mass is 673 g/mol. The van der Waals surface area contributed by atoms with Crippen LogP contribution < -0.4 is 19.5 Å². The van der Waals surface area contributed by atoms with Gasteiger partial charge in [-0.15, -0.1) is 0 Å². The number of carbonyl (C=O) groups is 1. The number of imidazole rings is 1. The first-order chi connectivity index (χ1) is 23.8. The Morgan fingerprint density at radius 3 is 2.39 bits per heavy atom. The Morgan fingerprint density at radius 1 is 0.980 bits per heavy atom. The number of piperidine rings is 1. The van der Waals surface area contributed by atoms with Gasteiger partial charge in [0.05, 0.1) is 32.4 Å². The molecule has 0 bridgehead atoms. The number of benzene rings is 3. The third kappa shape index (κ3) is 7.08. The summed E-state index contributed by atoms with van der Waals surface area (Å²) in [6.07, 6.45) is 7.43. The fourth-order valence-electron chi connectivity index (χ4n) is 7.28. The van der Waals surface area contributed by atoms with Crippen LogP contribution in [0.2, 0.25) is 0 Å². The van der Waals surface area contributed by atoms with E-state index in [9.17, 15) is 13.6 Å². The van der Waals surface area contributed by atoms with Crippen molar-refractivity contribution in [3.8, 4) is 17.2 Å². The minimum absolute atomic E-state index is 0.184. The Hall–Kier alpha value is -4.64. The number of carbonyl (C=O) groups excluding carboxylic acids is 1. The molecule has 1 amide bonds. The van der Waals surface area contributed by atoms with Gasteiger partial charge in [-0.25, -0.2) is 13.8 Å². The summed E-state index contributed by atoms with van der Waals surface area (Å²) in [7, 11) is 4.54. The van der Waals surface area contributed by atoms with Gasteiger partial charge in [-0.2, -0.15) is 0 Å². The predicted molar refractivity (Wildman–Crippen MR) is 187 cm³/mol. The second-order valence-electron chi connectivity index (χ2n) is 12.9. The molecule has 9 nitrogen and oxygen atoms in total. The van der Waals surface area contributed by atoms with Crippen LogP contribution in [0.15, 0.2) is 66.7 Å². The van der Waals surface area contributed by atoms with Crippen molar-refractivity contribution >= 4 is 22.9 Å². The molecule has 2 saturated heterocycles. The number of halogens is 2. The number of amides is 1. The van der Waals surface area contributed by atoms with Crippen molar-refractivity contribution < 1.29 is 27.8 Å². The summed E-state index contributed by atoms with van der Waals surface area (Å²) >= 11 is 0. The number of rotatable bonds is 12. The summed E-state index contributed by atoms with van der Waals surface area (Å²) in [5.74, 6) is 0.141. The van der Waals surface area contributed by atoms with Gasteiger partial charge in [0.1, 0.15) is 0 Å². The zero-order valence-electron chi connectivity index (χ0n) is 28.7. The van der Waals surface area contributed by atoms with Crippen LogP contribution in [0.3, 0.4) is 0 Å². The van der Waals surface area contributed by atoms with Gasteiger partial charge in [0.25, 0.3) is 5.91 Å². The van der Waals surface area contributed by atoms with Gasteiger partial charge in [-0.1, -0.05) is 30.4 Å². The highest BCUT2D eigenvalue weighted by atomic mass is 19.2. The summed E-state index contributed by atoms with van der Waals surface area (Å²) < 4.78 is 47.3. The van der Waals surface area contributed by atoms with Gasteiger partial charge in [0.15, 0.2) is 23.1 Å². The maximum Gasteiger partial charge on any atom is 0.254 e. The highest BCUT2D eigenvalue weighted by molar-refractivity contribution is 5.96. The smallest absolute Gasteiger partial charge is 0.254 e. The largest absolute Gasteiger partial charge is 0.493 e. The number of fused-ring (bicyclic) bond motifs is 1. The van der Waals surface area contributed by atoms with E-state index in [1.165, 1.54) is 33.5 Å². The van der Waals surface area contributed by atoms with Crippen LogP contribution in [0.25, 0.3) is 11.0 Å². The topological polar surface area (TPSA) is 81.1 Å².